The van der Waals surface area contributed by atoms with Crippen molar-refractivity contribution in [1.82, 2.24) is 0 Å². The Hall–Kier alpha value is -1.36. The molecule has 0 atom stereocenters. The van der Waals surface area contributed by atoms with Gasteiger partial charge >= 0.3 is 0 Å². The van der Waals surface area contributed by atoms with E-state index in [0.29, 0.717) is 6.04 Å². The van der Waals surface area contributed by atoms with Crippen molar-refractivity contribution in [3.05, 3.63) is 23.8 Å². The standard InChI is InChI=1S/C15H20N2O2S/c1-11(18)17-7-4-12-10-14(2-3-15(12)17)16-13-5-8-20(19)9-6-13/h2-3,10,13,16H,4-9H2,1H3. The summed E-state index contributed by atoms with van der Waals surface area (Å²) < 4.78 is 11.4. The molecule has 0 saturated carbocycles. The number of nitrogens with zero attached hydrogens (tertiary/aromatic N) is 1. The fraction of sp³-hybridized carbons (Fsp3) is 0.533. The van der Waals surface area contributed by atoms with Crippen LogP contribution in [0, 0.1) is 0 Å². The molecule has 1 aromatic carbocycles. The topological polar surface area (TPSA) is 49.4 Å². The summed E-state index contributed by atoms with van der Waals surface area (Å²) in [6.07, 6.45) is 2.88. The zero-order valence-corrected chi connectivity index (χ0v) is 12.5. The molecule has 0 spiro atoms. The lowest BCUT2D eigenvalue weighted by molar-refractivity contribution is -0.116. The third-order valence-electron chi connectivity index (χ3n) is 4.11. The molecule has 2 aliphatic rings. The highest BCUT2D eigenvalue weighted by molar-refractivity contribution is 7.85. The van der Waals surface area contributed by atoms with Gasteiger partial charge in [-0.1, -0.05) is 0 Å². The molecule has 5 heteroatoms. The maximum Gasteiger partial charge on any atom is 0.223 e. The van der Waals surface area contributed by atoms with E-state index in [1.807, 2.05) is 17.0 Å². The molecule has 4 nitrogen and oxygen atoms in total. The van der Waals surface area contributed by atoms with Gasteiger partial charge in [-0.2, -0.15) is 0 Å². The molecular formula is C15H20N2O2S. The lowest BCUT2D eigenvalue weighted by Crippen LogP contribution is -2.29. The van der Waals surface area contributed by atoms with Crippen LogP contribution in [0.2, 0.25) is 0 Å². The molecule has 3 rings (SSSR count). The Morgan fingerprint density at radius 2 is 2.10 bits per heavy atom. The second-order valence-electron chi connectivity index (χ2n) is 5.53. The number of hydrogen-bond donors (Lipinski definition) is 1. The predicted molar refractivity (Wildman–Crippen MR) is 82.7 cm³/mol. The number of benzene rings is 1. The van der Waals surface area contributed by atoms with Crippen molar-refractivity contribution >= 4 is 28.1 Å². The minimum absolute atomic E-state index is 0.110. The molecule has 0 aliphatic carbocycles. The molecule has 20 heavy (non-hydrogen) atoms. The number of carbonyl (C=O) groups is 1. The van der Waals surface area contributed by atoms with E-state index in [4.69, 9.17) is 0 Å². The van der Waals surface area contributed by atoms with E-state index < -0.39 is 10.8 Å². The summed E-state index contributed by atoms with van der Waals surface area (Å²) in [6, 6.07) is 6.67. The van der Waals surface area contributed by atoms with Gasteiger partial charge in [0, 0.05) is 53.2 Å². The molecule has 1 amide bonds. The lowest BCUT2D eigenvalue weighted by Gasteiger charge is -2.24. The van der Waals surface area contributed by atoms with Crippen LogP contribution in [-0.2, 0) is 22.0 Å². The number of nitrogens with one attached hydrogen (secondary N) is 1. The Bertz CT molecular complexity index is 549. The van der Waals surface area contributed by atoms with Crippen LogP contribution in [-0.4, -0.2) is 34.2 Å². The first-order valence-corrected chi connectivity index (χ1v) is 8.65. The normalized spacial score (nSPS) is 25.4. The molecule has 2 aliphatic heterocycles. The van der Waals surface area contributed by atoms with Crippen LogP contribution in [0.15, 0.2) is 18.2 Å². The van der Waals surface area contributed by atoms with Crippen LogP contribution in [0.5, 0.6) is 0 Å². The van der Waals surface area contributed by atoms with Gasteiger partial charge in [0.05, 0.1) is 0 Å². The van der Waals surface area contributed by atoms with Crippen molar-refractivity contribution in [2.24, 2.45) is 0 Å². The summed E-state index contributed by atoms with van der Waals surface area (Å²) in [5.74, 6) is 1.72. The fourth-order valence-electron chi connectivity index (χ4n) is 2.99. The summed E-state index contributed by atoms with van der Waals surface area (Å²) in [7, 11) is -0.613. The van der Waals surface area contributed by atoms with Gasteiger partial charge < -0.3 is 10.2 Å². The summed E-state index contributed by atoms with van der Waals surface area (Å²) in [5, 5.41) is 3.54. The summed E-state index contributed by atoms with van der Waals surface area (Å²) in [4.78, 5) is 13.4. The first-order chi connectivity index (χ1) is 9.63. The van der Waals surface area contributed by atoms with Gasteiger partial charge in [0.15, 0.2) is 0 Å². The Morgan fingerprint density at radius 3 is 2.80 bits per heavy atom. The van der Waals surface area contributed by atoms with Crippen molar-refractivity contribution in [2.75, 3.05) is 28.3 Å². The smallest absolute Gasteiger partial charge is 0.223 e. The largest absolute Gasteiger partial charge is 0.382 e. The van der Waals surface area contributed by atoms with Crippen LogP contribution in [0.25, 0.3) is 0 Å². The molecular weight excluding hydrogens is 272 g/mol. The summed E-state index contributed by atoms with van der Waals surface area (Å²) in [6.45, 7) is 2.40. The van der Waals surface area contributed by atoms with Gasteiger partial charge in [-0.15, -0.1) is 0 Å². The zero-order valence-electron chi connectivity index (χ0n) is 11.7. The second-order valence-corrected chi connectivity index (χ2v) is 7.23. The van der Waals surface area contributed by atoms with Crippen molar-refractivity contribution < 1.29 is 9.00 Å². The van der Waals surface area contributed by atoms with E-state index >= 15 is 0 Å². The maximum atomic E-state index is 11.5. The number of anilines is 2. The fourth-order valence-corrected chi connectivity index (χ4v) is 4.29. The number of amides is 1. The van der Waals surface area contributed by atoms with E-state index in [-0.39, 0.29) is 5.91 Å². The SMILES string of the molecule is CC(=O)N1CCc2cc(NC3CCS(=O)CC3)ccc21. The Labute approximate surface area is 122 Å². The van der Waals surface area contributed by atoms with E-state index in [2.05, 4.69) is 11.4 Å². The number of carbonyl (C=O) groups excluding carboxylic acids is 1. The predicted octanol–water partition coefficient (Wildman–Crippen LogP) is 1.92. The third kappa shape index (κ3) is 2.73. The van der Waals surface area contributed by atoms with Crippen LogP contribution < -0.4 is 10.2 Å². The van der Waals surface area contributed by atoms with Gasteiger partial charge in [0.2, 0.25) is 5.91 Å². The lowest BCUT2D eigenvalue weighted by atomic mass is 10.1. The minimum Gasteiger partial charge on any atom is -0.382 e. The van der Waals surface area contributed by atoms with E-state index in [1.54, 1.807) is 6.92 Å². The number of hydrogen-bond acceptors (Lipinski definition) is 3. The van der Waals surface area contributed by atoms with Crippen molar-refractivity contribution in [1.29, 1.82) is 0 Å². The monoisotopic (exact) mass is 292 g/mol. The van der Waals surface area contributed by atoms with E-state index in [9.17, 15) is 9.00 Å². The molecule has 2 heterocycles. The Morgan fingerprint density at radius 1 is 1.35 bits per heavy atom. The first kappa shape index (κ1) is 13.6. The third-order valence-corrected chi connectivity index (χ3v) is 5.50. The van der Waals surface area contributed by atoms with Crippen molar-refractivity contribution in [2.45, 2.75) is 32.2 Å². The van der Waals surface area contributed by atoms with Gasteiger partial charge in [0.1, 0.15) is 0 Å². The summed E-state index contributed by atoms with van der Waals surface area (Å²) in [5.41, 5.74) is 3.41. The molecule has 1 saturated heterocycles. The Balaban J connectivity index is 1.70. The quantitative estimate of drug-likeness (QED) is 0.906. The average Bonchev–Trinajstić information content (AvgIpc) is 2.84. The van der Waals surface area contributed by atoms with Crippen LogP contribution in [0.1, 0.15) is 25.3 Å². The molecule has 0 unspecified atom stereocenters. The molecule has 1 N–H and O–H groups in total. The Kier molecular flexibility index (Phi) is 3.78. The van der Waals surface area contributed by atoms with Crippen molar-refractivity contribution in [3.63, 3.8) is 0 Å². The molecule has 0 aromatic heterocycles. The molecule has 1 aromatic rings. The van der Waals surface area contributed by atoms with Gasteiger partial charge in [0.25, 0.3) is 0 Å². The summed E-state index contributed by atoms with van der Waals surface area (Å²) >= 11 is 0. The number of fused-ring (bicyclic) bond motifs is 1. The van der Waals surface area contributed by atoms with E-state index in [0.717, 1.165) is 48.7 Å². The van der Waals surface area contributed by atoms with Gasteiger partial charge in [-0.3, -0.25) is 9.00 Å². The minimum atomic E-state index is -0.613. The zero-order chi connectivity index (χ0) is 14.1. The van der Waals surface area contributed by atoms with Crippen LogP contribution in [0.4, 0.5) is 11.4 Å². The molecule has 108 valence electrons. The van der Waals surface area contributed by atoms with E-state index in [1.165, 1.54) is 5.56 Å². The van der Waals surface area contributed by atoms with Gasteiger partial charge in [-0.05, 0) is 43.0 Å². The van der Waals surface area contributed by atoms with Gasteiger partial charge in [-0.25, -0.2) is 0 Å². The van der Waals surface area contributed by atoms with Crippen LogP contribution >= 0.6 is 0 Å². The highest BCUT2D eigenvalue weighted by Gasteiger charge is 2.23. The molecule has 0 bridgehead atoms. The molecule has 0 radical (unpaired) electrons. The van der Waals surface area contributed by atoms with Crippen molar-refractivity contribution in [3.8, 4) is 0 Å². The second kappa shape index (κ2) is 5.56. The molecule has 1 fully saturated rings. The first-order valence-electron chi connectivity index (χ1n) is 7.16. The number of rotatable bonds is 2. The van der Waals surface area contributed by atoms with Crippen LogP contribution in [0.3, 0.4) is 0 Å². The highest BCUT2D eigenvalue weighted by Crippen LogP contribution is 2.31. The average molecular weight is 292 g/mol. The highest BCUT2D eigenvalue weighted by atomic mass is 32.2. The maximum absolute atomic E-state index is 11.5.